The molecule has 0 radical (unpaired) electrons. The molecule has 0 aliphatic heterocycles. The van der Waals surface area contributed by atoms with Crippen LogP contribution in [0.5, 0.6) is 0 Å². The minimum atomic E-state index is 0.908. The minimum absolute atomic E-state index is 0.908. The van der Waals surface area contributed by atoms with E-state index in [2.05, 4.69) is 57.5 Å². The van der Waals surface area contributed by atoms with Gasteiger partial charge >= 0.3 is 0 Å². The average Bonchev–Trinajstić information content (AvgIpc) is 2.89. The van der Waals surface area contributed by atoms with Crippen LogP contribution in [0.3, 0.4) is 0 Å². The van der Waals surface area contributed by atoms with Crippen molar-refractivity contribution in [2.75, 3.05) is 7.05 Å². The van der Waals surface area contributed by atoms with Gasteiger partial charge in [-0.2, -0.15) is 0 Å². The van der Waals surface area contributed by atoms with E-state index in [-0.39, 0.29) is 0 Å². The van der Waals surface area contributed by atoms with Crippen LogP contribution in [0.1, 0.15) is 11.1 Å². The first-order valence-corrected chi connectivity index (χ1v) is 6.98. The zero-order chi connectivity index (χ0) is 13.8. The number of aromatic nitrogens is 2. The van der Waals surface area contributed by atoms with E-state index in [1.54, 1.807) is 0 Å². The Morgan fingerprint density at radius 3 is 2.70 bits per heavy atom. The van der Waals surface area contributed by atoms with Gasteiger partial charge in [-0.15, -0.1) is 0 Å². The van der Waals surface area contributed by atoms with E-state index in [0.717, 1.165) is 19.5 Å². The summed E-state index contributed by atoms with van der Waals surface area (Å²) in [5, 5.41) is 4.51. The molecule has 3 aromatic rings. The number of fused-ring (bicyclic) bond motifs is 1. The number of aryl methyl sites for hydroxylation is 2. The monoisotopic (exact) mass is 265 g/mol. The Morgan fingerprint density at radius 1 is 1.05 bits per heavy atom. The van der Waals surface area contributed by atoms with Crippen molar-refractivity contribution >= 4 is 10.9 Å². The van der Waals surface area contributed by atoms with Crippen molar-refractivity contribution in [3.63, 3.8) is 0 Å². The van der Waals surface area contributed by atoms with E-state index < -0.39 is 0 Å². The Bertz CT molecular complexity index is 686. The molecule has 102 valence electrons. The van der Waals surface area contributed by atoms with Crippen LogP contribution in [0.2, 0.25) is 0 Å². The minimum Gasteiger partial charge on any atom is -0.347 e. The maximum absolute atomic E-state index is 4.06. The second-order valence-corrected chi connectivity index (χ2v) is 5.04. The lowest BCUT2D eigenvalue weighted by atomic mass is 10.1. The molecule has 3 heteroatoms. The zero-order valence-corrected chi connectivity index (χ0v) is 11.7. The number of nitrogens with one attached hydrogen (secondary N) is 1. The highest BCUT2D eigenvalue weighted by molar-refractivity contribution is 5.80. The lowest BCUT2D eigenvalue weighted by molar-refractivity contribution is 0.721. The second kappa shape index (κ2) is 5.88. The fourth-order valence-corrected chi connectivity index (χ4v) is 2.54. The first-order valence-electron chi connectivity index (χ1n) is 6.98. The SMILES string of the molecule is CNCc1ccc2ccn(CCc3ccncc3)c2c1. The molecular formula is C17H19N3. The van der Waals surface area contributed by atoms with E-state index in [1.807, 2.05) is 19.4 Å². The molecule has 1 N–H and O–H groups in total. The molecule has 0 aliphatic rings. The van der Waals surface area contributed by atoms with Crippen molar-refractivity contribution < 1.29 is 0 Å². The Hall–Kier alpha value is -2.13. The van der Waals surface area contributed by atoms with Crippen LogP contribution in [-0.2, 0) is 19.5 Å². The van der Waals surface area contributed by atoms with Crippen LogP contribution in [0.25, 0.3) is 10.9 Å². The molecule has 0 unspecified atom stereocenters. The number of hydrogen-bond acceptors (Lipinski definition) is 2. The van der Waals surface area contributed by atoms with Gasteiger partial charge < -0.3 is 9.88 Å². The van der Waals surface area contributed by atoms with Crippen LogP contribution in [0.4, 0.5) is 0 Å². The van der Waals surface area contributed by atoms with Gasteiger partial charge in [0.15, 0.2) is 0 Å². The molecule has 0 saturated carbocycles. The van der Waals surface area contributed by atoms with Crippen molar-refractivity contribution in [3.8, 4) is 0 Å². The Labute approximate surface area is 119 Å². The average molecular weight is 265 g/mol. The van der Waals surface area contributed by atoms with Gasteiger partial charge in [0.1, 0.15) is 0 Å². The quantitative estimate of drug-likeness (QED) is 0.768. The van der Waals surface area contributed by atoms with Crippen molar-refractivity contribution in [2.24, 2.45) is 0 Å². The van der Waals surface area contributed by atoms with Crippen molar-refractivity contribution in [1.82, 2.24) is 14.9 Å². The van der Waals surface area contributed by atoms with Gasteiger partial charge in [-0.05, 0) is 54.2 Å². The summed E-state index contributed by atoms with van der Waals surface area (Å²) in [6.07, 6.45) is 6.92. The molecule has 3 rings (SSSR count). The Kier molecular flexibility index (Phi) is 3.79. The highest BCUT2D eigenvalue weighted by Gasteiger charge is 2.02. The van der Waals surface area contributed by atoms with Gasteiger partial charge in [-0.1, -0.05) is 12.1 Å². The van der Waals surface area contributed by atoms with Crippen molar-refractivity contribution in [3.05, 3.63) is 66.1 Å². The third-order valence-electron chi connectivity index (χ3n) is 3.61. The topological polar surface area (TPSA) is 29.9 Å². The number of nitrogens with zero attached hydrogens (tertiary/aromatic N) is 2. The molecular weight excluding hydrogens is 246 g/mol. The predicted molar refractivity (Wildman–Crippen MR) is 82.6 cm³/mol. The molecule has 0 fully saturated rings. The predicted octanol–water partition coefficient (Wildman–Crippen LogP) is 3.00. The van der Waals surface area contributed by atoms with Crippen LogP contribution in [0, 0.1) is 0 Å². The summed E-state index contributed by atoms with van der Waals surface area (Å²) in [7, 11) is 1.98. The molecule has 3 nitrogen and oxygen atoms in total. The highest BCUT2D eigenvalue weighted by Crippen LogP contribution is 2.18. The third-order valence-corrected chi connectivity index (χ3v) is 3.61. The molecule has 2 aromatic heterocycles. The summed E-state index contributed by atoms with van der Waals surface area (Å²) in [6, 6.07) is 13.0. The smallest absolute Gasteiger partial charge is 0.0483 e. The lowest BCUT2D eigenvalue weighted by Crippen LogP contribution is -2.05. The molecule has 0 atom stereocenters. The van der Waals surface area contributed by atoms with Crippen molar-refractivity contribution in [1.29, 1.82) is 0 Å². The number of pyridine rings is 1. The zero-order valence-electron chi connectivity index (χ0n) is 11.7. The first kappa shape index (κ1) is 12.9. The van der Waals surface area contributed by atoms with Crippen LogP contribution < -0.4 is 5.32 Å². The molecule has 0 bridgehead atoms. The molecule has 0 spiro atoms. The van der Waals surface area contributed by atoms with E-state index in [4.69, 9.17) is 0 Å². The normalized spacial score (nSPS) is 11.1. The second-order valence-electron chi connectivity index (χ2n) is 5.04. The summed E-state index contributed by atoms with van der Waals surface area (Å²) in [6.45, 7) is 1.90. The Morgan fingerprint density at radius 2 is 1.90 bits per heavy atom. The Balaban J connectivity index is 1.82. The highest BCUT2D eigenvalue weighted by atomic mass is 14.9. The maximum Gasteiger partial charge on any atom is 0.0483 e. The van der Waals surface area contributed by atoms with E-state index >= 15 is 0 Å². The van der Waals surface area contributed by atoms with E-state index in [9.17, 15) is 0 Å². The van der Waals surface area contributed by atoms with Gasteiger partial charge in [0.2, 0.25) is 0 Å². The molecule has 0 aliphatic carbocycles. The summed E-state index contributed by atoms with van der Waals surface area (Å²) in [4.78, 5) is 4.06. The fraction of sp³-hybridized carbons (Fsp3) is 0.235. The van der Waals surface area contributed by atoms with Gasteiger partial charge in [0.25, 0.3) is 0 Å². The fourth-order valence-electron chi connectivity index (χ4n) is 2.54. The molecule has 20 heavy (non-hydrogen) atoms. The summed E-state index contributed by atoms with van der Waals surface area (Å²) in [5.74, 6) is 0. The summed E-state index contributed by atoms with van der Waals surface area (Å²) >= 11 is 0. The van der Waals surface area contributed by atoms with Crippen LogP contribution >= 0.6 is 0 Å². The largest absolute Gasteiger partial charge is 0.347 e. The first-order chi connectivity index (χ1) is 9.86. The standard InChI is InChI=1S/C17H19N3/c1-18-13-15-2-3-16-7-11-20(17(16)12-15)10-6-14-4-8-19-9-5-14/h2-5,7-9,11-12,18H,6,10,13H2,1H3. The number of hydrogen-bond donors (Lipinski definition) is 1. The van der Waals surface area contributed by atoms with Gasteiger partial charge in [0.05, 0.1) is 0 Å². The summed E-state index contributed by atoms with van der Waals surface area (Å²) in [5.41, 5.74) is 3.96. The summed E-state index contributed by atoms with van der Waals surface area (Å²) < 4.78 is 2.33. The third kappa shape index (κ3) is 2.73. The number of rotatable bonds is 5. The van der Waals surface area contributed by atoms with Gasteiger partial charge in [0, 0.05) is 37.2 Å². The van der Waals surface area contributed by atoms with Crippen LogP contribution in [0.15, 0.2) is 55.0 Å². The van der Waals surface area contributed by atoms with Gasteiger partial charge in [-0.25, -0.2) is 0 Å². The molecule has 0 saturated heterocycles. The number of benzene rings is 1. The van der Waals surface area contributed by atoms with Crippen molar-refractivity contribution in [2.45, 2.75) is 19.5 Å². The lowest BCUT2D eigenvalue weighted by Gasteiger charge is -2.07. The molecule has 0 amide bonds. The van der Waals surface area contributed by atoms with Crippen LogP contribution in [-0.4, -0.2) is 16.6 Å². The van der Waals surface area contributed by atoms with E-state index in [0.29, 0.717) is 0 Å². The maximum atomic E-state index is 4.06. The van der Waals surface area contributed by atoms with E-state index in [1.165, 1.54) is 22.0 Å². The van der Waals surface area contributed by atoms with Gasteiger partial charge in [-0.3, -0.25) is 4.98 Å². The molecule has 1 aromatic carbocycles. The molecule has 2 heterocycles.